The molecule has 4 rings (SSSR count). The zero-order valence-corrected chi connectivity index (χ0v) is 20.9. The molecule has 0 bridgehead atoms. The Kier molecular flexibility index (Phi) is 8.03. The van der Waals surface area contributed by atoms with Crippen molar-refractivity contribution < 1.29 is 9.53 Å². The summed E-state index contributed by atoms with van der Waals surface area (Å²) < 4.78 is 6.31. The molecule has 0 radical (unpaired) electrons. The molecule has 0 spiro atoms. The van der Waals surface area contributed by atoms with Gasteiger partial charge in [0.25, 0.3) is 5.91 Å². The normalized spacial score (nSPS) is 14.5. The number of pyridine rings is 1. The van der Waals surface area contributed by atoms with Gasteiger partial charge in [0.05, 0.1) is 11.3 Å². The predicted molar refractivity (Wildman–Crippen MR) is 139 cm³/mol. The molecule has 0 aliphatic carbocycles. The van der Waals surface area contributed by atoms with Gasteiger partial charge in [0.15, 0.2) is 0 Å². The van der Waals surface area contributed by atoms with Crippen LogP contribution >= 0.6 is 11.3 Å². The Labute approximate surface area is 205 Å². The minimum Gasteiger partial charge on any atom is -0.485 e. The van der Waals surface area contributed by atoms with Crippen molar-refractivity contribution in [1.29, 1.82) is 0 Å². The van der Waals surface area contributed by atoms with E-state index in [9.17, 15) is 4.79 Å². The Morgan fingerprint density at radius 3 is 2.74 bits per heavy atom. The number of hydrogen-bond acceptors (Lipinski definition) is 7. The van der Waals surface area contributed by atoms with Crippen LogP contribution in [0.15, 0.2) is 54.0 Å². The fourth-order valence-corrected chi connectivity index (χ4v) is 4.87. The molecule has 7 nitrogen and oxygen atoms in total. The van der Waals surface area contributed by atoms with E-state index in [0.29, 0.717) is 18.7 Å². The summed E-state index contributed by atoms with van der Waals surface area (Å²) in [5.74, 6) is 1.64. The SMILES string of the molecule is CCNc1cc2c(cn1)C(=O)N(Cc1ccc(O[C@@H](CCNC)c3cccs3)cc1)CCN2C. The zero-order valence-electron chi connectivity index (χ0n) is 20.1. The summed E-state index contributed by atoms with van der Waals surface area (Å²) in [6.45, 7) is 5.69. The van der Waals surface area contributed by atoms with Crippen molar-refractivity contribution >= 4 is 28.7 Å². The van der Waals surface area contributed by atoms with Crippen LogP contribution in [0.25, 0.3) is 0 Å². The molecule has 0 saturated heterocycles. The molecule has 1 amide bonds. The first kappa shape index (κ1) is 24.0. The lowest BCUT2D eigenvalue weighted by molar-refractivity contribution is 0.0754. The number of anilines is 2. The summed E-state index contributed by atoms with van der Waals surface area (Å²) in [5.41, 5.74) is 2.64. The van der Waals surface area contributed by atoms with Gasteiger partial charge in [-0.25, -0.2) is 4.98 Å². The topological polar surface area (TPSA) is 69.7 Å². The number of nitrogens with one attached hydrogen (secondary N) is 2. The zero-order chi connectivity index (χ0) is 23.9. The quantitative estimate of drug-likeness (QED) is 0.449. The van der Waals surface area contributed by atoms with Gasteiger partial charge in [-0.05, 0) is 49.7 Å². The molecule has 0 unspecified atom stereocenters. The first-order chi connectivity index (χ1) is 16.6. The summed E-state index contributed by atoms with van der Waals surface area (Å²) in [5, 5.41) is 8.51. The van der Waals surface area contributed by atoms with E-state index in [2.05, 4.69) is 38.0 Å². The van der Waals surface area contributed by atoms with Gasteiger partial charge in [0.2, 0.25) is 0 Å². The Bertz CT molecular complexity index is 1070. The van der Waals surface area contributed by atoms with E-state index >= 15 is 0 Å². The van der Waals surface area contributed by atoms with Crippen molar-refractivity contribution in [3.8, 4) is 5.75 Å². The summed E-state index contributed by atoms with van der Waals surface area (Å²) in [6.07, 6.45) is 2.62. The predicted octanol–water partition coefficient (Wildman–Crippen LogP) is 4.40. The largest absolute Gasteiger partial charge is 0.485 e. The molecule has 3 heterocycles. The highest BCUT2D eigenvalue weighted by atomic mass is 32.1. The molecule has 180 valence electrons. The number of amides is 1. The highest BCUT2D eigenvalue weighted by Gasteiger charge is 2.26. The minimum absolute atomic E-state index is 0.0139. The molecule has 0 fully saturated rings. The molecule has 0 saturated carbocycles. The van der Waals surface area contributed by atoms with Gasteiger partial charge in [-0.3, -0.25) is 4.79 Å². The molecular formula is C26H33N5O2S. The third-order valence-corrected chi connectivity index (χ3v) is 6.93. The van der Waals surface area contributed by atoms with Crippen LogP contribution in [0.1, 0.15) is 40.2 Å². The van der Waals surface area contributed by atoms with Gasteiger partial charge in [-0.15, -0.1) is 11.3 Å². The maximum atomic E-state index is 13.3. The first-order valence-electron chi connectivity index (χ1n) is 11.8. The molecule has 3 aromatic rings. The van der Waals surface area contributed by atoms with Crippen molar-refractivity contribution in [3.05, 3.63) is 70.0 Å². The Morgan fingerprint density at radius 2 is 2.03 bits per heavy atom. The van der Waals surface area contributed by atoms with Gasteiger partial charge in [0, 0.05) is 56.8 Å². The van der Waals surface area contributed by atoms with Crippen LogP contribution in [-0.2, 0) is 6.54 Å². The average molecular weight is 480 g/mol. The molecule has 2 aromatic heterocycles. The lowest BCUT2D eigenvalue weighted by atomic mass is 10.1. The number of likely N-dealkylation sites (N-methyl/N-ethyl adjacent to an activating group) is 1. The molecule has 1 aromatic carbocycles. The number of nitrogens with zero attached hydrogens (tertiary/aromatic N) is 3. The highest BCUT2D eigenvalue weighted by Crippen LogP contribution is 2.29. The van der Waals surface area contributed by atoms with E-state index < -0.39 is 0 Å². The second-order valence-electron chi connectivity index (χ2n) is 8.42. The molecule has 8 heteroatoms. The van der Waals surface area contributed by atoms with Gasteiger partial charge in [-0.1, -0.05) is 18.2 Å². The van der Waals surface area contributed by atoms with Crippen LogP contribution in [0.4, 0.5) is 11.5 Å². The van der Waals surface area contributed by atoms with Crippen molar-refractivity contribution in [2.45, 2.75) is 26.0 Å². The smallest absolute Gasteiger partial charge is 0.257 e. The van der Waals surface area contributed by atoms with Crippen molar-refractivity contribution in [2.24, 2.45) is 0 Å². The number of aromatic nitrogens is 1. The Balaban J connectivity index is 1.45. The van der Waals surface area contributed by atoms with E-state index in [1.807, 2.05) is 56.3 Å². The number of carbonyl (C=O) groups excluding carboxylic acids is 1. The molecule has 2 N–H and O–H groups in total. The van der Waals surface area contributed by atoms with E-state index in [1.54, 1.807) is 17.5 Å². The van der Waals surface area contributed by atoms with Gasteiger partial charge in [-0.2, -0.15) is 0 Å². The van der Waals surface area contributed by atoms with Crippen LogP contribution in [0.2, 0.25) is 0 Å². The van der Waals surface area contributed by atoms with Gasteiger partial charge >= 0.3 is 0 Å². The van der Waals surface area contributed by atoms with Gasteiger partial charge in [0.1, 0.15) is 17.7 Å². The van der Waals surface area contributed by atoms with Crippen molar-refractivity contribution in [1.82, 2.24) is 15.2 Å². The molecular weight excluding hydrogens is 446 g/mol. The lowest BCUT2D eigenvalue weighted by Crippen LogP contribution is -2.33. The van der Waals surface area contributed by atoms with E-state index in [0.717, 1.165) is 48.9 Å². The molecule has 1 aliphatic rings. The van der Waals surface area contributed by atoms with Crippen LogP contribution in [0.5, 0.6) is 5.75 Å². The number of ether oxygens (including phenoxy) is 1. The number of hydrogen-bond donors (Lipinski definition) is 2. The summed E-state index contributed by atoms with van der Waals surface area (Å²) in [4.78, 5) is 23.0. The fraction of sp³-hybridized carbons (Fsp3) is 0.385. The van der Waals surface area contributed by atoms with E-state index in [1.165, 1.54) is 4.88 Å². The Morgan fingerprint density at radius 1 is 1.21 bits per heavy atom. The standard InChI is InChI=1S/C26H33N5O2S/c1-4-28-25-16-22-21(17-29-25)26(32)31(14-13-30(22)3)18-19-7-9-20(10-8-19)33-23(11-12-27-2)24-6-5-15-34-24/h5-10,15-17,23,27H,4,11-14,18H2,1-3H3,(H,28,29)/t23-/m0/s1. The second-order valence-corrected chi connectivity index (χ2v) is 9.40. The van der Waals surface area contributed by atoms with Crippen LogP contribution in [0.3, 0.4) is 0 Å². The lowest BCUT2D eigenvalue weighted by Gasteiger charge is -2.22. The maximum Gasteiger partial charge on any atom is 0.257 e. The number of carbonyl (C=O) groups is 1. The van der Waals surface area contributed by atoms with E-state index in [-0.39, 0.29) is 12.0 Å². The third-order valence-electron chi connectivity index (χ3n) is 5.97. The summed E-state index contributed by atoms with van der Waals surface area (Å²) in [6, 6.07) is 14.2. The number of rotatable bonds is 10. The Hall–Kier alpha value is -3.10. The monoisotopic (exact) mass is 479 g/mol. The third kappa shape index (κ3) is 5.69. The van der Waals surface area contributed by atoms with Crippen LogP contribution < -0.4 is 20.3 Å². The first-order valence-corrected chi connectivity index (χ1v) is 12.6. The number of benzene rings is 1. The van der Waals surface area contributed by atoms with Crippen molar-refractivity contribution in [3.63, 3.8) is 0 Å². The maximum absolute atomic E-state index is 13.3. The molecule has 1 atom stereocenters. The van der Waals surface area contributed by atoms with Gasteiger partial charge < -0.3 is 25.2 Å². The highest BCUT2D eigenvalue weighted by molar-refractivity contribution is 7.10. The number of fused-ring (bicyclic) bond motifs is 1. The van der Waals surface area contributed by atoms with E-state index in [4.69, 9.17) is 4.74 Å². The molecule has 34 heavy (non-hydrogen) atoms. The average Bonchev–Trinajstić information content (AvgIpc) is 3.36. The van der Waals surface area contributed by atoms with Crippen LogP contribution in [-0.4, -0.2) is 56.1 Å². The minimum atomic E-state index is 0.0139. The van der Waals surface area contributed by atoms with Crippen LogP contribution in [0, 0.1) is 0 Å². The molecule has 1 aliphatic heterocycles. The number of thiophene rings is 1. The van der Waals surface area contributed by atoms with Crippen molar-refractivity contribution in [2.75, 3.05) is 50.5 Å². The second kappa shape index (κ2) is 11.4. The summed E-state index contributed by atoms with van der Waals surface area (Å²) in [7, 11) is 3.98. The summed E-state index contributed by atoms with van der Waals surface area (Å²) >= 11 is 1.72. The fourth-order valence-electron chi connectivity index (χ4n) is 4.08.